The van der Waals surface area contributed by atoms with Crippen LogP contribution < -0.4 is 0 Å². The summed E-state index contributed by atoms with van der Waals surface area (Å²) >= 11 is 0. The summed E-state index contributed by atoms with van der Waals surface area (Å²) in [5.74, 6) is -0.874. The van der Waals surface area contributed by atoms with Gasteiger partial charge in [0, 0.05) is 19.3 Å². The molecule has 1 atom stereocenters. The first-order valence-electron chi connectivity index (χ1n) is 34.2. The summed E-state index contributed by atoms with van der Waals surface area (Å²) < 4.78 is 17.0. The zero-order chi connectivity index (χ0) is 57.8. The van der Waals surface area contributed by atoms with Gasteiger partial charge in [0.1, 0.15) is 13.2 Å². The number of carbonyl (C=O) groups is 3. The van der Waals surface area contributed by atoms with Crippen molar-refractivity contribution in [2.75, 3.05) is 13.2 Å². The van der Waals surface area contributed by atoms with Crippen molar-refractivity contribution in [1.82, 2.24) is 0 Å². The molecular formula is C74H128O6. The van der Waals surface area contributed by atoms with E-state index in [0.29, 0.717) is 19.3 Å². The van der Waals surface area contributed by atoms with Crippen molar-refractivity contribution in [3.63, 3.8) is 0 Å². The molecule has 6 nitrogen and oxygen atoms in total. The zero-order valence-corrected chi connectivity index (χ0v) is 52.8. The van der Waals surface area contributed by atoms with E-state index in [2.05, 4.69) is 118 Å². The second kappa shape index (κ2) is 67.8. The Balaban J connectivity index is 4.31. The van der Waals surface area contributed by atoms with E-state index in [0.717, 1.165) is 122 Å². The van der Waals surface area contributed by atoms with Gasteiger partial charge in [0.25, 0.3) is 0 Å². The third-order valence-corrected chi connectivity index (χ3v) is 14.9. The standard InChI is InChI=1S/C74H128O6/c1-4-7-10-13-16-19-22-25-28-30-31-32-33-34-35-36-37-38-39-40-41-42-43-45-46-49-52-55-58-61-64-67-73(76)79-70-71(69-78-72(75)66-63-60-57-54-51-48-27-24-21-18-15-12-9-6-3)80-74(77)68-65-62-59-56-53-50-47-44-29-26-23-20-17-14-11-8-5-2/h7,10,16,19,25,28,31-32,34-35,37-38,40-41,43,45,71H,4-6,8-9,11-15,17-18,20-24,26-27,29-30,33,36,39,42,44,46-70H2,1-3H3/b10-7-,19-16-,28-25-,32-31-,35-34-,38-37-,41-40-,45-43-. The molecule has 0 saturated heterocycles. The fraction of sp³-hybridized carbons (Fsp3) is 0.743. The number of hydrogen-bond donors (Lipinski definition) is 0. The van der Waals surface area contributed by atoms with Crippen LogP contribution in [0.25, 0.3) is 0 Å². The molecule has 0 amide bonds. The maximum absolute atomic E-state index is 12.9. The fourth-order valence-electron chi connectivity index (χ4n) is 9.76. The third-order valence-electron chi connectivity index (χ3n) is 14.9. The smallest absolute Gasteiger partial charge is 0.306 e. The Morgan fingerprint density at radius 3 is 0.762 bits per heavy atom. The molecule has 0 aromatic carbocycles. The van der Waals surface area contributed by atoms with Crippen molar-refractivity contribution in [2.24, 2.45) is 0 Å². The Morgan fingerprint density at radius 1 is 0.263 bits per heavy atom. The summed E-state index contributed by atoms with van der Waals surface area (Å²) in [4.78, 5) is 38.4. The summed E-state index contributed by atoms with van der Waals surface area (Å²) in [6, 6.07) is 0. The predicted molar refractivity (Wildman–Crippen MR) is 348 cm³/mol. The number of allylic oxidation sites excluding steroid dienone is 16. The maximum atomic E-state index is 12.9. The van der Waals surface area contributed by atoms with E-state index in [1.165, 1.54) is 173 Å². The van der Waals surface area contributed by atoms with Gasteiger partial charge in [-0.05, 0) is 83.5 Å². The van der Waals surface area contributed by atoms with Gasteiger partial charge in [0.2, 0.25) is 0 Å². The SMILES string of the molecule is CC/C=C\C/C=C\C/C=C\C/C=C\C/C=C\C/C=C\C/C=C\C/C=C\CCCCCCCCC(=O)OCC(COC(=O)CCCCCCCCCCCCCCCC)OC(=O)CCCCCCCCCCCCCCCCCCC. The molecule has 80 heavy (non-hydrogen) atoms. The number of esters is 3. The van der Waals surface area contributed by atoms with Gasteiger partial charge in [-0.15, -0.1) is 0 Å². The van der Waals surface area contributed by atoms with E-state index in [1.54, 1.807) is 0 Å². The van der Waals surface area contributed by atoms with Crippen LogP contribution in [0.5, 0.6) is 0 Å². The molecule has 0 saturated carbocycles. The molecule has 0 aromatic rings. The highest BCUT2D eigenvalue weighted by Gasteiger charge is 2.19. The lowest BCUT2D eigenvalue weighted by Crippen LogP contribution is -2.30. The Labute approximate surface area is 496 Å². The van der Waals surface area contributed by atoms with E-state index >= 15 is 0 Å². The lowest BCUT2D eigenvalue weighted by Gasteiger charge is -2.18. The van der Waals surface area contributed by atoms with Gasteiger partial charge < -0.3 is 14.2 Å². The molecule has 0 aliphatic heterocycles. The highest BCUT2D eigenvalue weighted by molar-refractivity contribution is 5.71. The lowest BCUT2D eigenvalue weighted by molar-refractivity contribution is -0.167. The van der Waals surface area contributed by atoms with Crippen molar-refractivity contribution in [3.8, 4) is 0 Å². The van der Waals surface area contributed by atoms with Gasteiger partial charge in [-0.1, -0.05) is 330 Å². The van der Waals surface area contributed by atoms with Gasteiger partial charge in [0.05, 0.1) is 0 Å². The van der Waals surface area contributed by atoms with E-state index in [4.69, 9.17) is 14.2 Å². The normalized spacial score (nSPS) is 12.7. The first-order chi connectivity index (χ1) is 39.5. The molecule has 0 heterocycles. The summed E-state index contributed by atoms with van der Waals surface area (Å²) in [6.45, 7) is 6.56. The molecule has 0 N–H and O–H groups in total. The van der Waals surface area contributed by atoms with Crippen molar-refractivity contribution >= 4 is 17.9 Å². The first kappa shape index (κ1) is 76.3. The minimum atomic E-state index is -0.782. The molecule has 0 aliphatic rings. The van der Waals surface area contributed by atoms with E-state index < -0.39 is 6.10 Å². The molecule has 0 bridgehead atoms. The Morgan fingerprint density at radius 2 is 0.487 bits per heavy atom. The minimum absolute atomic E-state index is 0.0769. The van der Waals surface area contributed by atoms with Crippen molar-refractivity contribution in [2.45, 2.75) is 341 Å². The molecule has 6 heteroatoms. The van der Waals surface area contributed by atoms with Gasteiger partial charge in [-0.25, -0.2) is 0 Å². The Hall–Kier alpha value is -3.67. The summed E-state index contributed by atoms with van der Waals surface area (Å²) in [6.07, 6.45) is 91.3. The van der Waals surface area contributed by atoms with Crippen LogP contribution in [0.4, 0.5) is 0 Å². The Bertz CT molecular complexity index is 1560. The number of hydrogen-bond acceptors (Lipinski definition) is 6. The quantitative estimate of drug-likeness (QED) is 0.0261. The highest BCUT2D eigenvalue weighted by Crippen LogP contribution is 2.17. The molecular weight excluding hydrogens is 985 g/mol. The molecule has 0 spiro atoms. The van der Waals surface area contributed by atoms with E-state index in [1.807, 2.05) is 0 Å². The number of carbonyl (C=O) groups excluding carboxylic acids is 3. The fourth-order valence-corrected chi connectivity index (χ4v) is 9.76. The maximum Gasteiger partial charge on any atom is 0.306 e. The van der Waals surface area contributed by atoms with Crippen LogP contribution in [-0.2, 0) is 28.6 Å². The Kier molecular flexibility index (Phi) is 64.7. The van der Waals surface area contributed by atoms with Gasteiger partial charge in [-0.3, -0.25) is 14.4 Å². The average molecular weight is 1110 g/mol. The van der Waals surface area contributed by atoms with Crippen LogP contribution in [0.15, 0.2) is 97.2 Å². The van der Waals surface area contributed by atoms with Crippen molar-refractivity contribution < 1.29 is 28.6 Å². The van der Waals surface area contributed by atoms with Gasteiger partial charge in [0.15, 0.2) is 6.10 Å². The molecule has 0 fully saturated rings. The minimum Gasteiger partial charge on any atom is -0.462 e. The molecule has 0 aliphatic carbocycles. The van der Waals surface area contributed by atoms with Crippen LogP contribution in [0.1, 0.15) is 335 Å². The van der Waals surface area contributed by atoms with Crippen LogP contribution in [0.2, 0.25) is 0 Å². The molecule has 0 radical (unpaired) electrons. The van der Waals surface area contributed by atoms with Crippen molar-refractivity contribution in [3.05, 3.63) is 97.2 Å². The summed E-state index contributed by atoms with van der Waals surface area (Å²) in [5.41, 5.74) is 0. The molecule has 0 rings (SSSR count). The molecule has 0 aromatic heterocycles. The second-order valence-electron chi connectivity index (χ2n) is 22.7. The summed E-state index contributed by atoms with van der Waals surface area (Å²) in [7, 11) is 0. The number of unbranched alkanes of at least 4 members (excludes halogenated alkanes) is 35. The molecule has 1 unspecified atom stereocenters. The first-order valence-corrected chi connectivity index (χ1v) is 34.2. The van der Waals surface area contributed by atoms with Gasteiger partial charge >= 0.3 is 17.9 Å². The third kappa shape index (κ3) is 65.1. The van der Waals surface area contributed by atoms with E-state index in [9.17, 15) is 14.4 Å². The predicted octanol–water partition coefficient (Wildman–Crippen LogP) is 23.6. The van der Waals surface area contributed by atoms with Crippen LogP contribution >= 0.6 is 0 Å². The van der Waals surface area contributed by atoms with Crippen LogP contribution in [0, 0.1) is 0 Å². The topological polar surface area (TPSA) is 78.9 Å². The monoisotopic (exact) mass is 1110 g/mol. The molecule has 460 valence electrons. The highest BCUT2D eigenvalue weighted by atomic mass is 16.6. The number of rotatable bonds is 62. The van der Waals surface area contributed by atoms with Crippen molar-refractivity contribution in [1.29, 1.82) is 0 Å². The lowest BCUT2D eigenvalue weighted by atomic mass is 10.0. The van der Waals surface area contributed by atoms with Crippen LogP contribution in [-0.4, -0.2) is 37.2 Å². The average Bonchev–Trinajstić information content (AvgIpc) is 3.46. The van der Waals surface area contributed by atoms with Crippen LogP contribution in [0.3, 0.4) is 0 Å². The van der Waals surface area contributed by atoms with Gasteiger partial charge in [-0.2, -0.15) is 0 Å². The summed E-state index contributed by atoms with van der Waals surface area (Å²) in [5, 5.41) is 0. The number of ether oxygens (including phenoxy) is 3. The largest absolute Gasteiger partial charge is 0.462 e. The van der Waals surface area contributed by atoms with E-state index in [-0.39, 0.29) is 31.1 Å². The second-order valence-corrected chi connectivity index (χ2v) is 22.7. The zero-order valence-electron chi connectivity index (χ0n) is 52.8.